The molecule has 2 aliphatic heterocycles. The minimum atomic E-state index is 0.0343. The molecule has 1 aromatic carbocycles. The van der Waals surface area contributed by atoms with Gasteiger partial charge in [0.15, 0.2) is 0 Å². The van der Waals surface area contributed by atoms with Gasteiger partial charge in [-0.1, -0.05) is 30.3 Å². The third-order valence-electron chi connectivity index (χ3n) is 6.28. The van der Waals surface area contributed by atoms with Crippen LogP contribution in [0.4, 0.5) is 0 Å². The van der Waals surface area contributed by atoms with E-state index in [-0.39, 0.29) is 11.8 Å². The minimum absolute atomic E-state index is 0.0343. The van der Waals surface area contributed by atoms with E-state index in [4.69, 9.17) is 0 Å². The zero-order valence-corrected chi connectivity index (χ0v) is 16.6. The van der Waals surface area contributed by atoms with Crippen LogP contribution in [0.5, 0.6) is 0 Å². The van der Waals surface area contributed by atoms with Crippen LogP contribution in [0.2, 0.25) is 0 Å². The molecule has 2 atom stereocenters. The van der Waals surface area contributed by atoms with E-state index in [2.05, 4.69) is 22.0 Å². The number of rotatable bonds is 4. The summed E-state index contributed by atoms with van der Waals surface area (Å²) in [4.78, 5) is 35.6. The predicted octanol–water partition coefficient (Wildman–Crippen LogP) is 1.92. The number of nitrogens with zero attached hydrogens (tertiary/aromatic N) is 4. The zero-order valence-electron chi connectivity index (χ0n) is 15.7. The molecule has 0 N–H and O–H groups in total. The third-order valence-corrected chi connectivity index (χ3v) is 6.87. The lowest BCUT2D eigenvalue weighted by Crippen LogP contribution is -2.64. The highest BCUT2D eigenvalue weighted by atomic mass is 32.1. The number of hydrogen-bond donors (Lipinski definition) is 0. The smallest absolute Gasteiger partial charge is 0.273 e. The standard InChI is InChI=1S/C21H24N4O2S/c26-20(18-10-17(18)15-4-2-1-3-5-15)25-11-16(12-25)23-6-8-24(9-7-23)21(27)19-13-28-14-22-19/h1-5,13-14,16-18H,6-12H2/t17-,18+/m0/s1. The third kappa shape index (κ3) is 3.33. The van der Waals surface area contributed by atoms with Gasteiger partial charge in [0.2, 0.25) is 5.91 Å². The van der Waals surface area contributed by atoms with Crippen molar-refractivity contribution in [2.24, 2.45) is 5.92 Å². The zero-order chi connectivity index (χ0) is 19.1. The predicted molar refractivity (Wildman–Crippen MR) is 107 cm³/mol. The number of carbonyl (C=O) groups excluding carboxylic acids is 2. The number of amides is 2. The van der Waals surface area contributed by atoms with E-state index >= 15 is 0 Å². The molecule has 1 aromatic heterocycles. The van der Waals surface area contributed by atoms with Crippen molar-refractivity contribution in [3.8, 4) is 0 Å². The van der Waals surface area contributed by atoms with Crippen molar-refractivity contribution in [2.45, 2.75) is 18.4 Å². The molecule has 146 valence electrons. The number of piperazine rings is 1. The summed E-state index contributed by atoms with van der Waals surface area (Å²) in [6.07, 6.45) is 0.988. The second-order valence-corrected chi connectivity index (χ2v) is 8.68. The molecule has 2 saturated heterocycles. The summed E-state index contributed by atoms with van der Waals surface area (Å²) in [5.74, 6) is 0.943. The molecule has 6 nitrogen and oxygen atoms in total. The quantitative estimate of drug-likeness (QED) is 0.792. The van der Waals surface area contributed by atoms with Gasteiger partial charge in [-0.2, -0.15) is 0 Å². The second-order valence-electron chi connectivity index (χ2n) is 7.96. The molecule has 2 amide bonds. The Kier molecular flexibility index (Phi) is 4.64. The number of likely N-dealkylation sites (tertiary alicyclic amines) is 1. The van der Waals surface area contributed by atoms with Crippen molar-refractivity contribution < 1.29 is 9.59 Å². The van der Waals surface area contributed by atoms with Crippen LogP contribution in [0, 0.1) is 5.92 Å². The Morgan fingerprint density at radius 3 is 2.43 bits per heavy atom. The summed E-state index contributed by atoms with van der Waals surface area (Å²) in [5, 5.41) is 1.81. The molecule has 0 radical (unpaired) electrons. The topological polar surface area (TPSA) is 56.8 Å². The maximum Gasteiger partial charge on any atom is 0.273 e. The summed E-state index contributed by atoms with van der Waals surface area (Å²) in [6.45, 7) is 4.88. The van der Waals surface area contributed by atoms with Crippen LogP contribution < -0.4 is 0 Å². The van der Waals surface area contributed by atoms with Crippen LogP contribution in [-0.2, 0) is 4.79 Å². The summed E-state index contributed by atoms with van der Waals surface area (Å²) >= 11 is 1.45. The number of thiazole rings is 1. The number of hydrogen-bond acceptors (Lipinski definition) is 5. The van der Waals surface area contributed by atoms with Gasteiger partial charge in [-0.3, -0.25) is 14.5 Å². The number of aromatic nitrogens is 1. The highest BCUT2D eigenvalue weighted by molar-refractivity contribution is 7.07. The van der Waals surface area contributed by atoms with Crippen LogP contribution in [0.1, 0.15) is 28.4 Å². The largest absolute Gasteiger partial charge is 0.339 e. The van der Waals surface area contributed by atoms with Crippen molar-refractivity contribution in [1.82, 2.24) is 19.7 Å². The van der Waals surface area contributed by atoms with E-state index < -0.39 is 0 Å². The van der Waals surface area contributed by atoms with E-state index in [1.165, 1.54) is 16.9 Å². The molecular formula is C21H24N4O2S. The normalized spacial score (nSPS) is 25.4. The van der Waals surface area contributed by atoms with E-state index in [9.17, 15) is 9.59 Å². The van der Waals surface area contributed by atoms with Crippen molar-refractivity contribution >= 4 is 23.2 Å². The second kappa shape index (κ2) is 7.29. The molecule has 3 aliphatic rings. The van der Waals surface area contributed by atoms with Gasteiger partial charge in [0.05, 0.1) is 5.51 Å². The van der Waals surface area contributed by atoms with E-state index in [1.807, 2.05) is 33.4 Å². The van der Waals surface area contributed by atoms with Crippen LogP contribution in [0.15, 0.2) is 41.2 Å². The molecule has 7 heteroatoms. The van der Waals surface area contributed by atoms with Crippen LogP contribution >= 0.6 is 11.3 Å². The van der Waals surface area contributed by atoms with Gasteiger partial charge in [-0.15, -0.1) is 11.3 Å². The fourth-order valence-corrected chi connectivity index (χ4v) is 4.93. The van der Waals surface area contributed by atoms with Gasteiger partial charge in [0.25, 0.3) is 5.91 Å². The molecule has 3 fully saturated rings. The lowest BCUT2D eigenvalue weighted by molar-refractivity contribution is -0.140. The molecule has 1 aliphatic carbocycles. The lowest BCUT2D eigenvalue weighted by atomic mass is 10.0. The Hall–Kier alpha value is -2.25. The Labute approximate surface area is 168 Å². The summed E-state index contributed by atoms with van der Waals surface area (Å²) < 4.78 is 0. The monoisotopic (exact) mass is 396 g/mol. The first-order valence-corrected chi connectivity index (χ1v) is 10.9. The maximum absolute atomic E-state index is 12.7. The van der Waals surface area contributed by atoms with Crippen molar-refractivity contribution in [2.75, 3.05) is 39.3 Å². The molecule has 0 unspecified atom stereocenters. The molecule has 3 heterocycles. The van der Waals surface area contributed by atoms with Gasteiger partial charge in [-0.05, 0) is 17.9 Å². The highest BCUT2D eigenvalue weighted by Gasteiger charge is 2.48. The van der Waals surface area contributed by atoms with Gasteiger partial charge in [-0.25, -0.2) is 4.98 Å². The van der Waals surface area contributed by atoms with Crippen LogP contribution in [-0.4, -0.2) is 76.8 Å². The molecule has 0 spiro atoms. The van der Waals surface area contributed by atoms with E-state index in [1.54, 1.807) is 5.51 Å². The van der Waals surface area contributed by atoms with Gasteiger partial charge in [0, 0.05) is 56.6 Å². The van der Waals surface area contributed by atoms with E-state index in [0.717, 1.165) is 45.7 Å². The fourth-order valence-electron chi connectivity index (χ4n) is 4.41. The van der Waals surface area contributed by atoms with Crippen LogP contribution in [0.25, 0.3) is 0 Å². The maximum atomic E-state index is 12.7. The fraction of sp³-hybridized carbons (Fsp3) is 0.476. The average molecular weight is 397 g/mol. The number of carbonyl (C=O) groups is 2. The lowest BCUT2D eigenvalue weighted by Gasteiger charge is -2.48. The minimum Gasteiger partial charge on any atom is -0.339 e. The average Bonchev–Trinajstić information content (AvgIpc) is 3.32. The molecule has 1 saturated carbocycles. The van der Waals surface area contributed by atoms with Gasteiger partial charge in [0.1, 0.15) is 5.69 Å². The summed E-state index contributed by atoms with van der Waals surface area (Å²) in [7, 11) is 0. The number of benzene rings is 1. The first-order chi connectivity index (χ1) is 13.7. The highest BCUT2D eigenvalue weighted by Crippen LogP contribution is 2.48. The van der Waals surface area contributed by atoms with Crippen LogP contribution in [0.3, 0.4) is 0 Å². The molecule has 5 rings (SSSR count). The molecule has 2 aromatic rings. The Balaban J connectivity index is 1.08. The summed E-state index contributed by atoms with van der Waals surface area (Å²) in [5.41, 5.74) is 3.54. The van der Waals surface area contributed by atoms with Gasteiger partial charge >= 0.3 is 0 Å². The molecule has 28 heavy (non-hydrogen) atoms. The first-order valence-electron chi connectivity index (χ1n) is 9.96. The van der Waals surface area contributed by atoms with Crippen molar-refractivity contribution in [3.63, 3.8) is 0 Å². The Morgan fingerprint density at radius 1 is 1.00 bits per heavy atom. The SMILES string of the molecule is O=C(c1cscn1)N1CCN(C2CN(C(=O)[C@@H]3C[C@H]3c3ccccc3)C2)CC1. The van der Waals surface area contributed by atoms with E-state index in [0.29, 0.717) is 23.6 Å². The Bertz CT molecular complexity index is 843. The molecule has 0 bridgehead atoms. The van der Waals surface area contributed by atoms with Crippen molar-refractivity contribution in [3.05, 3.63) is 52.5 Å². The first kappa shape index (κ1) is 17.8. The van der Waals surface area contributed by atoms with Gasteiger partial charge < -0.3 is 9.80 Å². The Morgan fingerprint density at radius 2 is 1.75 bits per heavy atom. The molecular weight excluding hydrogens is 372 g/mol. The summed E-state index contributed by atoms with van der Waals surface area (Å²) in [6, 6.07) is 10.8. The van der Waals surface area contributed by atoms with Crippen molar-refractivity contribution in [1.29, 1.82) is 0 Å².